The molecule has 3 rings (SSSR count). The minimum Gasteiger partial charge on any atom is -0.352 e. The van der Waals surface area contributed by atoms with Crippen LogP contribution in [0.1, 0.15) is 42.4 Å². The lowest BCUT2D eigenvalue weighted by molar-refractivity contribution is -0.121. The van der Waals surface area contributed by atoms with Gasteiger partial charge in [0.15, 0.2) is 0 Å². The molecule has 1 heterocycles. The average molecular weight is 478 g/mol. The largest absolute Gasteiger partial charge is 0.352 e. The van der Waals surface area contributed by atoms with Crippen LogP contribution in [-0.2, 0) is 27.9 Å². The molecule has 1 amide bonds. The Morgan fingerprint density at radius 2 is 1.75 bits per heavy atom. The molecule has 0 radical (unpaired) electrons. The van der Waals surface area contributed by atoms with Crippen LogP contribution in [0.2, 0.25) is 5.02 Å². The summed E-state index contributed by atoms with van der Waals surface area (Å²) >= 11 is 6.16. The molecule has 1 fully saturated rings. The lowest BCUT2D eigenvalue weighted by atomic mass is 10.1. The van der Waals surface area contributed by atoms with Gasteiger partial charge in [-0.1, -0.05) is 41.9 Å². The fraction of sp³-hybridized carbons (Fsp3) is 0.458. The quantitative estimate of drug-likeness (QED) is 0.559. The Morgan fingerprint density at radius 3 is 2.41 bits per heavy atom. The van der Waals surface area contributed by atoms with Gasteiger partial charge in [0.05, 0.1) is 11.9 Å². The maximum absolute atomic E-state index is 12.3. The molecule has 0 aromatic heterocycles. The summed E-state index contributed by atoms with van der Waals surface area (Å²) in [5.74, 6) is -0.0950. The highest BCUT2D eigenvalue weighted by Crippen LogP contribution is 2.28. The Bertz CT molecular complexity index is 1020. The molecular weight excluding hydrogens is 446 g/mol. The van der Waals surface area contributed by atoms with E-state index >= 15 is 0 Å². The highest BCUT2D eigenvalue weighted by molar-refractivity contribution is 7.92. The molecule has 1 saturated heterocycles. The van der Waals surface area contributed by atoms with Crippen LogP contribution in [-0.4, -0.2) is 45.1 Å². The summed E-state index contributed by atoms with van der Waals surface area (Å²) in [6, 6.07) is 13.5. The number of anilines is 1. The van der Waals surface area contributed by atoms with Gasteiger partial charge in [-0.15, -0.1) is 0 Å². The van der Waals surface area contributed by atoms with Crippen molar-refractivity contribution in [2.45, 2.75) is 45.7 Å². The van der Waals surface area contributed by atoms with Crippen LogP contribution in [0.25, 0.3) is 0 Å². The molecule has 2 aromatic carbocycles. The summed E-state index contributed by atoms with van der Waals surface area (Å²) in [5.41, 5.74) is 3.60. The topological polar surface area (TPSA) is 69.7 Å². The van der Waals surface area contributed by atoms with Crippen LogP contribution in [0.5, 0.6) is 0 Å². The number of benzene rings is 2. The maximum atomic E-state index is 12.3. The molecule has 174 valence electrons. The highest BCUT2D eigenvalue weighted by Gasteiger charge is 2.20. The van der Waals surface area contributed by atoms with Gasteiger partial charge < -0.3 is 5.32 Å². The summed E-state index contributed by atoms with van der Waals surface area (Å²) in [5, 5.41) is 3.44. The number of rotatable bonds is 10. The van der Waals surface area contributed by atoms with Crippen molar-refractivity contribution in [3.8, 4) is 0 Å². The number of carbonyl (C=O) groups is 1. The molecule has 1 aliphatic heterocycles. The first-order valence-electron chi connectivity index (χ1n) is 11.0. The SMILES string of the molecule is Cc1c(Cl)cccc1N(CCCC(=O)NCc1ccc(CN2CCCC2)cc1)S(C)(=O)=O. The van der Waals surface area contributed by atoms with Gasteiger partial charge in [0.1, 0.15) is 0 Å². The fourth-order valence-corrected chi connectivity index (χ4v) is 5.15. The molecule has 0 atom stereocenters. The van der Waals surface area contributed by atoms with E-state index in [1.165, 1.54) is 42.1 Å². The van der Waals surface area contributed by atoms with Crippen molar-refractivity contribution in [2.24, 2.45) is 0 Å². The predicted octanol–water partition coefficient (Wildman–Crippen LogP) is 4.11. The van der Waals surface area contributed by atoms with Crippen molar-refractivity contribution in [1.29, 1.82) is 0 Å². The van der Waals surface area contributed by atoms with Crippen molar-refractivity contribution < 1.29 is 13.2 Å². The van der Waals surface area contributed by atoms with Crippen LogP contribution in [0, 0.1) is 6.92 Å². The second-order valence-corrected chi connectivity index (χ2v) is 10.7. The number of halogens is 1. The molecule has 1 aliphatic rings. The molecule has 0 bridgehead atoms. The van der Waals surface area contributed by atoms with Gasteiger partial charge in [-0.25, -0.2) is 8.42 Å². The third kappa shape index (κ3) is 6.95. The zero-order valence-electron chi connectivity index (χ0n) is 18.8. The lowest BCUT2D eigenvalue weighted by Gasteiger charge is -2.24. The molecule has 0 saturated carbocycles. The summed E-state index contributed by atoms with van der Waals surface area (Å²) in [6.07, 6.45) is 4.40. The Morgan fingerprint density at radius 1 is 1.09 bits per heavy atom. The van der Waals surface area contributed by atoms with E-state index in [1.54, 1.807) is 25.1 Å². The second-order valence-electron chi connectivity index (χ2n) is 8.40. The van der Waals surface area contributed by atoms with E-state index in [0.717, 1.165) is 12.1 Å². The molecule has 2 aromatic rings. The normalized spacial score (nSPS) is 14.5. The zero-order valence-corrected chi connectivity index (χ0v) is 20.4. The average Bonchev–Trinajstić information content (AvgIpc) is 3.25. The van der Waals surface area contributed by atoms with Crippen molar-refractivity contribution in [3.05, 3.63) is 64.2 Å². The predicted molar refractivity (Wildman–Crippen MR) is 130 cm³/mol. The minimum atomic E-state index is -3.48. The van der Waals surface area contributed by atoms with Crippen LogP contribution < -0.4 is 9.62 Å². The monoisotopic (exact) mass is 477 g/mol. The van der Waals surface area contributed by atoms with Crippen molar-refractivity contribution in [2.75, 3.05) is 30.2 Å². The van der Waals surface area contributed by atoms with Gasteiger partial charge in [-0.05, 0) is 68.1 Å². The smallest absolute Gasteiger partial charge is 0.232 e. The molecule has 0 aliphatic carbocycles. The van der Waals surface area contributed by atoms with E-state index in [4.69, 9.17) is 11.6 Å². The van der Waals surface area contributed by atoms with E-state index in [2.05, 4.69) is 34.5 Å². The first-order chi connectivity index (χ1) is 15.2. The van der Waals surface area contributed by atoms with E-state index < -0.39 is 10.0 Å². The molecule has 6 nitrogen and oxygen atoms in total. The number of likely N-dealkylation sites (tertiary alicyclic amines) is 1. The summed E-state index contributed by atoms with van der Waals surface area (Å²) in [7, 11) is -3.48. The van der Waals surface area contributed by atoms with E-state index in [0.29, 0.717) is 29.2 Å². The van der Waals surface area contributed by atoms with Crippen molar-refractivity contribution in [3.63, 3.8) is 0 Å². The van der Waals surface area contributed by atoms with Gasteiger partial charge in [0.2, 0.25) is 15.9 Å². The van der Waals surface area contributed by atoms with Gasteiger partial charge in [0, 0.05) is 31.1 Å². The summed E-state index contributed by atoms with van der Waals surface area (Å²) in [6.45, 7) is 5.80. The molecule has 0 spiro atoms. The van der Waals surface area contributed by atoms with E-state index in [9.17, 15) is 13.2 Å². The first-order valence-corrected chi connectivity index (χ1v) is 13.3. The Hall–Kier alpha value is -2.09. The van der Waals surface area contributed by atoms with Crippen LogP contribution in [0.3, 0.4) is 0 Å². The van der Waals surface area contributed by atoms with Gasteiger partial charge in [-0.2, -0.15) is 0 Å². The van der Waals surface area contributed by atoms with Crippen LogP contribution in [0.4, 0.5) is 5.69 Å². The molecule has 1 N–H and O–H groups in total. The van der Waals surface area contributed by atoms with Crippen molar-refractivity contribution >= 4 is 33.2 Å². The molecular formula is C24H32ClN3O3S. The number of nitrogens with one attached hydrogen (secondary N) is 1. The van der Waals surface area contributed by atoms with Gasteiger partial charge in [0.25, 0.3) is 0 Å². The second kappa shape index (κ2) is 11.2. The lowest BCUT2D eigenvalue weighted by Crippen LogP contribution is -2.32. The number of sulfonamides is 1. The number of amides is 1. The number of hydrogen-bond donors (Lipinski definition) is 1. The third-order valence-corrected chi connectivity index (χ3v) is 7.38. The third-order valence-electron chi connectivity index (χ3n) is 5.79. The van der Waals surface area contributed by atoms with Crippen LogP contribution >= 0.6 is 11.6 Å². The first kappa shape index (κ1) is 24.6. The van der Waals surface area contributed by atoms with Crippen molar-refractivity contribution in [1.82, 2.24) is 10.2 Å². The van der Waals surface area contributed by atoms with E-state index in [-0.39, 0.29) is 18.9 Å². The molecule has 32 heavy (non-hydrogen) atoms. The minimum absolute atomic E-state index is 0.0950. The van der Waals surface area contributed by atoms with Gasteiger partial charge >= 0.3 is 0 Å². The Labute approximate surface area is 196 Å². The fourth-order valence-electron chi connectivity index (χ4n) is 3.96. The summed E-state index contributed by atoms with van der Waals surface area (Å²) in [4.78, 5) is 14.8. The highest BCUT2D eigenvalue weighted by atomic mass is 35.5. The number of carbonyl (C=O) groups excluding carboxylic acids is 1. The molecule has 0 unspecified atom stereocenters. The standard InChI is InChI=1S/C24H32ClN3O3S/c1-19-22(25)7-5-8-23(19)28(32(2,30)31)16-6-9-24(29)26-17-20-10-12-21(13-11-20)18-27-14-3-4-15-27/h5,7-8,10-13H,3-4,6,9,14-18H2,1-2H3,(H,26,29). The summed E-state index contributed by atoms with van der Waals surface area (Å²) < 4.78 is 25.9. The number of hydrogen-bond acceptors (Lipinski definition) is 4. The number of nitrogens with zero attached hydrogens (tertiary/aromatic N) is 2. The maximum Gasteiger partial charge on any atom is 0.232 e. The van der Waals surface area contributed by atoms with E-state index in [1.807, 2.05) is 0 Å². The Kier molecular flexibility index (Phi) is 8.57. The zero-order chi connectivity index (χ0) is 23.1. The Balaban J connectivity index is 1.47. The van der Waals surface area contributed by atoms with Gasteiger partial charge in [-0.3, -0.25) is 14.0 Å². The molecule has 8 heteroatoms. The van der Waals surface area contributed by atoms with Crippen LogP contribution in [0.15, 0.2) is 42.5 Å².